The Hall–Kier alpha value is -3.14. The fourth-order valence-corrected chi connectivity index (χ4v) is 1.91. The Balaban J connectivity index is 1.86. The van der Waals surface area contributed by atoms with Gasteiger partial charge in [0, 0.05) is 6.54 Å². The predicted octanol–water partition coefficient (Wildman–Crippen LogP) is 1.42. The molecule has 0 radical (unpaired) electrons. The zero-order chi connectivity index (χ0) is 13.9. The summed E-state index contributed by atoms with van der Waals surface area (Å²) in [5.74, 6) is 0.755. The Morgan fingerprint density at radius 1 is 1.35 bits per heavy atom. The van der Waals surface area contributed by atoms with Gasteiger partial charge in [-0.2, -0.15) is 15.2 Å². The molecule has 3 rings (SSSR count). The highest BCUT2D eigenvalue weighted by molar-refractivity contribution is 5.83. The fraction of sp³-hybridized carbons (Fsp3) is 0.0769. The van der Waals surface area contributed by atoms with Gasteiger partial charge in [-0.05, 0) is 17.7 Å². The number of anilines is 2. The molecule has 4 N–H and O–H groups in total. The van der Waals surface area contributed by atoms with Crippen LogP contribution in [-0.4, -0.2) is 19.9 Å². The van der Waals surface area contributed by atoms with E-state index < -0.39 is 0 Å². The molecule has 7 nitrogen and oxygen atoms in total. The van der Waals surface area contributed by atoms with Crippen LogP contribution in [0.15, 0.2) is 30.6 Å². The van der Waals surface area contributed by atoms with Crippen molar-refractivity contribution in [3.8, 4) is 6.07 Å². The average Bonchev–Trinajstić information content (AvgIpc) is 2.93. The Morgan fingerprint density at radius 2 is 2.25 bits per heavy atom. The van der Waals surface area contributed by atoms with Crippen LogP contribution < -0.4 is 11.1 Å². The second kappa shape index (κ2) is 4.85. The van der Waals surface area contributed by atoms with Gasteiger partial charge in [0.25, 0.3) is 0 Å². The zero-order valence-corrected chi connectivity index (χ0v) is 10.5. The number of nitriles is 1. The highest BCUT2D eigenvalue weighted by Gasteiger charge is 2.08. The topological polar surface area (TPSA) is 116 Å². The summed E-state index contributed by atoms with van der Waals surface area (Å²) in [6.07, 6.45) is 1.54. The maximum atomic E-state index is 8.88. The lowest BCUT2D eigenvalue weighted by Crippen LogP contribution is -2.05. The molecule has 0 aliphatic rings. The van der Waals surface area contributed by atoms with Gasteiger partial charge in [0.05, 0.1) is 18.0 Å². The average molecular weight is 265 g/mol. The standard InChI is InChI=1S/C13H11N7/c14-5-8-2-1-3-9(4-8)6-16-11-10-12(18-7-17-10)20-13(15)19-11/h1-4,7H,6H2,(H4,15,16,17,18,19,20). The number of nitrogens with one attached hydrogen (secondary N) is 2. The van der Waals surface area contributed by atoms with Gasteiger partial charge in [0.2, 0.25) is 5.95 Å². The Morgan fingerprint density at radius 3 is 3.10 bits per heavy atom. The van der Waals surface area contributed by atoms with Crippen LogP contribution in [0.1, 0.15) is 11.1 Å². The molecule has 0 fully saturated rings. The van der Waals surface area contributed by atoms with Crippen molar-refractivity contribution < 1.29 is 0 Å². The molecule has 0 bridgehead atoms. The number of hydrogen-bond acceptors (Lipinski definition) is 6. The molecule has 0 spiro atoms. The smallest absolute Gasteiger partial charge is 0.224 e. The molecule has 0 aliphatic carbocycles. The number of hydrogen-bond donors (Lipinski definition) is 3. The number of nitrogens with zero attached hydrogens (tertiary/aromatic N) is 4. The summed E-state index contributed by atoms with van der Waals surface area (Å²) >= 11 is 0. The summed E-state index contributed by atoms with van der Waals surface area (Å²) in [7, 11) is 0. The minimum Gasteiger partial charge on any atom is -0.368 e. The molecule has 1 aromatic carbocycles. The molecule has 20 heavy (non-hydrogen) atoms. The van der Waals surface area contributed by atoms with Crippen molar-refractivity contribution in [2.45, 2.75) is 6.54 Å². The third-order valence-electron chi connectivity index (χ3n) is 2.82. The summed E-state index contributed by atoms with van der Waals surface area (Å²) in [5.41, 5.74) is 8.47. The molecule has 2 aromatic heterocycles. The number of nitrogen functional groups attached to an aromatic ring is 1. The van der Waals surface area contributed by atoms with E-state index in [4.69, 9.17) is 11.0 Å². The van der Waals surface area contributed by atoms with E-state index in [2.05, 4.69) is 31.3 Å². The number of nitrogens with two attached hydrogens (primary N) is 1. The van der Waals surface area contributed by atoms with E-state index in [0.29, 0.717) is 29.1 Å². The second-order valence-electron chi connectivity index (χ2n) is 4.20. The Bertz CT molecular complexity index is 800. The molecule has 0 saturated carbocycles. The summed E-state index contributed by atoms with van der Waals surface area (Å²) in [6.45, 7) is 0.528. The van der Waals surface area contributed by atoms with Crippen molar-refractivity contribution in [1.29, 1.82) is 5.26 Å². The van der Waals surface area contributed by atoms with E-state index in [1.807, 2.05) is 18.2 Å². The lowest BCUT2D eigenvalue weighted by Gasteiger charge is -2.07. The zero-order valence-electron chi connectivity index (χ0n) is 10.5. The molecule has 7 heteroatoms. The number of imidazole rings is 1. The summed E-state index contributed by atoms with van der Waals surface area (Å²) < 4.78 is 0. The number of fused-ring (bicyclic) bond motifs is 1. The first kappa shape index (κ1) is 11.9. The van der Waals surface area contributed by atoms with E-state index in [1.165, 1.54) is 0 Å². The normalized spacial score (nSPS) is 10.3. The first-order valence-corrected chi connectivity index (χ1v) is 5.96. The van der Waals surface area contributed by atoms with Crippen LogP contribution in [0.25, 0.3) is 11.2 Å². The molecule has 3 aromatic rings. The third kappa shape index (κ3) is 2.22. The van der Waals surface area contributed by atoms with Crippen LogP contribution in [0.2, 0.25) is 0 Å². The molecule has 98 valence electrons. The SMILES string of the molecule is N#Cc1cccc(CNc2nc(N)nc3nc[nH]c23)c1. The maximum absolute atomic E-state index is 8.88. The monoisotopic (exact) mass is 265 g/mol. The van der Waals surface area contributed by atoms with Gasteiger partial charge in [-0.1, -0.05) is 12.1 Å². The van der Waals surface area contributed by atoms with Crippen molar-refractivity contribution in [3.63, 3.8) is 0 Å². The Labute approximate surface area is 114 Å². The van der Waals surface area contributed by atoms with Crippen LogP contribution in [0, 0.1) is 11.3 Å². The highest BCUT2D eigenvalue weighted by atomic mass is 15.1. The minimum absolute atomic E-state index is 0.165. The van der Waals surface area contributed by atoms with Gasteiger partial charge in [0.15, 0.2) is 11.5 Å². The number of benzene rings is 1. The fourth-order valence-electron chi connectivity index (χ4n) is 1.91. The van der Waals surface area contributed by atoms with Gasteiger partial charge in [-0.3, -0.25) is 0 Å². The molecule has 0 amide bonds. The van der Waals surface area contributed by atoms with Crippen LogP contribution in [-0.2, 0) is 6.54 Å². The van der Waals surface area contributed by atoms with E-state index in [9.17, 15) is 0 Å². The largest absolute Gasteiger partial charge is 0.368 e. The van der Waals surface area contributed by atoms with Crippen LogP contribution in [0.3, 0.4) is 0 Å². The molecule has 0 unspecified atom stereocenters. The van der Waals surface area contributed by atoms with E-state index in [0.717, 1.165) is 5.56 Å². The first-order chi connectivity index (χ1) is 9.76. The maximum Gasteiger partial charge on any atom is 0.224 e. The van der Waals surface area contributed by atoms with Crippen molar-refractivity contribution in [3.05, 3.63) is 41.7 Å². The molecule has 2 heterocycles. The molecule has 0 saturated heterocycles. The minimum atomic E-state index is 0.165. The number of H-pyrrole nitrogens is 1. The van der Waals surface area contributed by atoms with Crippen molar-refractivity contribution in [2.24, 2.45) is 0 Å². The first-order valence-electron chi connectivity index (χ1n) is 5.96. The van der Waals surface area contributed by atoms with Crippen LogP contribution in [0.4, 0.5) is 11.8 Å². The van der Waals surface area contributed by atoms with Crippen molar-refractivity contribution in [2.75, 3.05) is 11.1 Å². The second-order valence-corrected chi connectivity index (χ2v) is 4.20. The summed E-state index contributed by atoms with van der Waals surface area (Å²) in [5, 5.41) is 12.0. The van der Waals surface area contributed by atoms with Crippen LogP contribution >= 0.6 is 0 Å². The van der Waals surface area contributed by atoms with Crippen molar-refractivity contribution in [1.82, 2.24) is 19.9 Å². The van der Waals surface area contributed by atoms with Crippen molar-refractivity contribution >= 4 is 22.9 Å². The summed E-state index contributed by atoms with van der Waals surface area (Å²) in [4.78, 5) is 15.2. The molecular formula is C13H11N7. The van der Waals surface area contributed by atoms with Crippen LogP contribution in [0.5, 0.6) is 0 Å². The number of aromatic nitrogens is 4. The molecular weight excluding hydrogens is 254 g/mol. The Kier molecular flexibility index (Phi) is 2.89. The summed E-state index contributed by atoms with van der Waals surface area (Å²) in [6, 6.07) is 9.47. The van der Waals surface area contributed by atoms with Gasteiger partial charge in [-0.25, -0.2) is 4.98 Å². The van der Waals surface area contributed by atoms with E-state index in [1.54, 1.807) is 12.4 Å². The molecule has 0 atom stereocenters. The molecule has 0 aliphatic heterocycles. The van der Waals surface area contributed by atoms with Gasteiger partial charge in [-0.15, -0.1) is 0 Å². The predicted molar refractivity (Wildman–Crippen MR) is 74.6 cm³/mol. The van der Waals surface area contributed by atoms with Gasteiger partial charge >= 0.3 is 0 Å². The van der Waals surface area contributed by atoms with Gasteiger partial charge < -0.3 is 16.0 Å². The number of rotatable bonds is 3. The lowest BCUT2D eigenvalue weighted by atomic mass is 10.1. The van der Waals surface area contributed by atoms with E-state index >= 15 is 0 Å². The highest BCUT2D eigenvalue weighted by Crippen LogP contribution is 2.18. The van der Waals surface area contributed by atoms with Gasteiger partial charge in [0.1, 0.15) is 5.52 Å². The quantitative estimate of drug-likeness (QED) is 0.659. The lowest BCUT2D eigenvalue weighted by molar-refractivity contribution is 1.10. The third-order valence-corrected chi connectivity index (χ3v) is 2.82. The van der Waals surface area contributed by atoms with E-state index in [-0.39, 0.29) is 5.95 Å². The number of aromatic amines is 1.